The maximum absolute atomic E-state index is 13.7. The van der Waals surface area contributed by atoms with Crippen molar-refractivity contribution in [3.8, 4) is 0 Å². The summed E-state index contributed by atoms with van der Waals surface area (Å²) in [6.45, 7) is 4.17. The molecule has 0 spiro atoms. The van der Waals surface area contributed by atoms with Crippen LogP contribution in [0.2, 0.25) is 0 Å². The molecule has 1 unspecified atom stereocenters. The van der Waals surface area contributed by atoms with Gasteiger partial charge in [-0.2, -0.15) is 0 Å². The number of ketones is 2. The Morgan fingerprint density at radius 1 is 1.25 bits per heavy atom. The highest BCUT2D eigenvalue weighted by Gasteiger charge is 2.61. The van der Waals surface area contributed by atoms with Gasteiger partial charge in [0, 0.05) is 23.2 Å². The molecule has 0 aromatic carbocycles. The number of carbonyl (C=O) groups is 2. The summed E-state index contributed by atoms with van der Waals surface area (Å²) >= 11 is 0. The van der Waals surface area contributed by atoms with Crippen LogP contribution in [0, 0.1) is 39.9 Å². The first kappa shape index (κ1) is 15.9. The first-order valence-electron chi connectivity index (χ1n) is 8.97. The molecule has 3 saturated carbocycles. The molecule has 0 aromatic rings. The minimum atomic E-state index is -0.442. The van der Waals surface area contributed by atoms with Gasteiger partial charge in [-0.1, -0.05) is 19.9 Å². The average molecular weight is 329 g/mol. The number of nitrogens with one attached hydrogen (secondary N) is 1. The van der Waals surface area contributed by atoms with Gasteiger partial charge in [0.25, 0.3) is 0 Å². The lowest BCUT2D eigenvalue weighted by Gasteiger charge is -2.58. The average Bonchev–Trinajstić information content (AvgIpc) is 2.86. The Balaban J connectivity index is 1.81. The van der Waals surface area contributed by atoms with Gasteiger partial charge in [-0.15, -0.1) is 0 Å². The van der Waals surface area contributed by atoms with Crippen LogP contribution in [0.25, 0.3) is 0 Å². The van der Waals surface area contributed by atoms with Gasteiger partial charge >= 0.3 is 0 Å². The summed E-state index contributed by atoms with van der Waals surface area (Å²) < 4.78 is 13.7. The highest BCUT2D eigenvalue weighted by Crippen LogP contribution is 2.64. The molecule has 4 aliphatic rings. The molecule has 128 valence electrons. The van der Waals surface area contributed by atoms with Crippen molar-refractivity contribution < 1.29 is 14.0 Å². The smallest absolute Gasteiger partial charge is 0.199 e. The van der Waals surface area contributed by atoms with Crippen LogP contribution in [0.15, 0.2) is 24.1 Å². The van der Waals surface area contributed by atoms with E-state index in [-0.39, 0.29) is 22.8 Å². The highest BCUT2D eigenvalue weighted by molar-refractivity contribution is 6.45. The van der Waals surface area contributed by atoms with Crippen LogP contribution in [-0.4, -0.2) is 17.3 Å². The number of Topliss-reactive ketones (excluding diaryl/α,β-unsaturated/α-hetero) is 1. The minimum Gasteiger partial charge on any atom is -0.301 e. The SMILES string of the molecule is C[C@]12C=CC(=O)C(=N)C1C(=CF)C[C@@H]1[C@@H]2CC[C@]2(C)C(=O)CC[C@@H]12. The predicted molar refractivity (Wildman–Crippen MR) is 89.3 cm³/mol. The Hall–Kier alpha value is -1.58. The van der Waals surface area contributed by atoms with Gasteiger partial charge in [0.05, 0.1) is 12.0 Å². The van der Waals surface area contributed by atoms with Crippen molar-refractivity contribution in [3.05, 3.63) is 24.1 Å². The van der Waals surface area contributed by atoms with Crippen molar-refractivity contribution in [3.63, 3.8) is 0 Å². The fourth-order valence-electron chi connectivity index (χ4n) is 6.43. The number of carbonyl (C=O) groups excluding carboxylic acids is 2. The number of hydrogen-bond acceptors (Lipinski definition) is 3. The molecule has 0 aromatic heterocycles. The van der Waals surface area contributed by atoms with E-state index in [0.717, 1.165) is 19.3 Å². The second-order valence-corrected chi connectivity index (χ2v) is 8.59. The summed E-state index contributed by atoms with van der Waals surface area (Å²) in [5.41, 5.74) is -0.0463. The zero-order valence-corrected chi connectivity index (χ0v) is 14.3. The minimum absolute atomic E-state index is 0.0261. The molecule has 3 nitrogen and oxygen atoms in total. The molecular formula is C20H24FNO2. The molecule has 24 heavy (non-hydrogen) atoms. The third kappa shape index (κ3) is 1.80. The van der Waals surface area contributed by atoms with Crippen LogP contribution in [0.4, 0.5) is 4.39 Å². The molecule has 4 aliphatic carbocycles. The topological polar surface area (TPSA) is 58.0 Å². The second kappa shape index (κ2) is 4.96. The molecule has 3 fully saturated rings. The zero-order valence-electron chi connectivity index (χ0n) is 14.3. The Morgan fingerprint density at radius 2 is 2.00 bits per heavy atom. The Labute approximate surface area is 141 Å². The van der Waals surface area contributed by atoms with Crippen molar-refractivity contribution in [2.45, 2.75) is 46.0 Å². The van der Waals surface area contributed by atoms with Gasteiger partial charge in [-0.3, -0.25) is 9.59 Å². The van der Waals surface area contributed by atoms with E-state index >= 15 is 0 Å². The fraction of sp³-hybridized carbons (Fsp3) is 0.650. The third-order valence-electron chi connectivity index (χ3n) is 7.70. The molecule has 1 N–H and O–H groups in total. The Kier molecular flexibility index (Phi) is 3.29. The van der Waals surface area contributed by atoms with E-state index in [2.05, 4.69) is 13.8 Å². The quantitative estimate of drug-likeness (QED) is 0.729. The van der Waals surface area contributed by atoms with E-state index < -0.39 is 11.3 Å². The van der Waals surface area contributed by atoms with Crippen LogP contribution in [0.3, 0.4) is 0 Å². The van der Waals surface area contributed by atoms with Crippen molar-refractivity contribution in [2.24, 2.45) is 34.5 Å². The lowest BCUT2D eigenvalue weighted by Crippen LogP contribution is -2.55. The van der Waals surface area contributed by atoms with Gasteiger partial charge in [-0.25, -0.2) is 4.39 Å². The fourth-order valence-corrected chi connectivity index (χ4v) is 6.43. The molecule has 0 aliphatic heterocycles. The molecule has 4 rings (SSSR count). The van der Waals surface area contributed by atoms with Crippen LogP contribution < -0.4 is 0 Å². The van der Waals surface area contributed by atoms with E-state index in [0.29, 0.717) is 42.4 Å². The summed E-state index contributed by atoms with van der Waals surface area (Å²) in [6, 6.07) is 0. The van der Waals surface area contributed by atoms with Crippen molar-refractivity contribution >= 4 is 17.3 Å². The Bertz CT molecular complexity index is 708. The molecule has 4 heteroatoms. The Morgan fingerprint density at radius 3 is 2.71 bits per heavy atom. The summed E-state index contributed by atoms with van der Waals surface area (Å²) in [7, 11) is 0. The monoisotopic (exact) mass is 329 g/mol. The van der Waals surface area contributed by atoms with Gasteiger partial charge in [-0.05, 0) is 55.1 Å². The number of hydrogen-bond donors (Lipinski definition) is 1. The van der Waals surface area contributed by atoms with Gasteiger partial charge in [0.1, 0.15) is 5.78 Å². The maximum Gasteiger partial charge on any atom is 0.199 e. The highest BCUT2D eigenvalue weighted by atomic mass is 19.1. The van der Waals surface area contributed by atoms with E-state index in [9.17, 15) is 14.0 Å². The van der Waals surface area contributed by atoms with Crippen molar-refractivity contribution in [1.29, 1.82) is 5.41 Å². The number of allylic oxidation sites excluding steroid dienone is 3. The van der Waals surface area contributed by atoms with Gasteiger partial charge < -0.3 is 5.41 Å². The molecule has 0 heterocycles. The van der Waals surface area contributed by atoms with Crippen molar-refractivity contribution in [1.82, 2.24) is 0 Å². The van der Waals surface area contributed by atoms with Crippen molar-refractivity contribution in [2.75, 3.05) is 0 Å². The second-order valence-electron chi connectivity index (χ2n) is 8.59. The third-order valence-corrected chi connectivity index (χ3v) is 7.70. The number of fused-ring (bicyclic) bond motifs is 5. The summed E-state index contributed by atoms with van der Waals surface area (Å²) in [5, 5.41) is 8.24. The first-order valence-corrected chi connectivity index (χ1v) is 8.97. The molecule has 6 atom stereocenters. The number of rotatable bonds is 0. The molecular weight excluding hydrogens is 305 g/mol. The van der Waals surface area contributed by atoms with Gasteiger partial charge in [0.15, 0.2) is 5.78 Å². The number of halogens is 1. The largest absolute Gasteiger partial charge is 0.301 e. The van der Waals surface area contributed by atoms with Gasteiger partial charge in [0.2, 0.25) is 0 Å². The maximum atomic E-state index is 13.7. The normalized spacial score (nSPS) is 49.1. The van der Waals surface area contributed by atoms with Crippen LogP contribution in [-0.2, 0) is 9.59 Å². The predicted octanol–water partition coefficient (Wildman–Crippen LogP) is 4.04. The van der Waals surface area contributed by atoms with Crippen LogP contribution in [0.5, 0.6) is 0 Å². The van der Waals surface area contributed by atoms with Crippen LogP contribution in [0.1, 0.15) is 46.0 Å². The summed E-state index contributed by atoms with van der Waals surface area (Å²) in [6.07, 6.45) is 7.98. The van der Waals surface area contributed by atoms with Crippen LogP contribution >= 0.6 is 0 Å². The lowest BCUT2D eigenvalue weighted by atomic mass is 9.45. The van der Waals surface area contributed by atoms with E-state index in [1.54, 1.807) is 0 Å². The first-order chi connectivity index (χ1) is 11.3. The lowest BCUT2D eigenvalue weighted by molar-refractivity contribution is -0.132. The van der Waals surface area contributed by atoms with E-state index in [1.807, 2.05) is 6.08 Å². The van der Waals surface area contributed by atoms with E-state index in [4.69, 9.17) is 5.41 Å². The standard InChI is InChI=1S/C20H24FNO2/c1-19-7-5-14-12(13(19)3-4-16(19)24)9-11(10-21)17-18(22)15(23)6-8-20(14,17)2/h6,8,10,12-14,17,22H,3-5,7,9H2,1-2H3/t12-,13-,14-,17?,19-,20+/m0/s1. The summed E-state index contributed by atoms with van der Waals surface area (Å²) in [5.74, 6) is 0.501. The zero-order chi connectivity index (χ0) is 17.3. The molecule has 0 bridgehead atoms. The molecule has 0 radical (unpaired) electrons. The van der Waals surface area contributed by atoms with E-state index in [1.165, 1.54) is 6.08 Å². The molecule has 0 saturated heterocycles. The molecule has 0 amide bonds. The summed E-state index contributed by atoms with van der Waals surface area (Å²) in [4.78, 5) is 24.4.